The Labute approximate surface area is 173 Å². The lowest BCUT2D eigenvalue weighted by Crippen LogP contribution is -2.39. The number of hydrogen-bond acceptors (Lipinski definition) is 4. The summed E-state index contributed by atoms with van der Waals surface area (Å²) < 4.78 is 53.7. The third kappa shape index (κ3) is 4.49. The minimum absolute atomic E-state index is 0.0201. The van der Waals surface area contributed by atoms with Gasteiger partial charge in [0.15, 0.2) is 11.6 Å². The Kier molecular flexibility index (Phi) is 6.47. The molecule has 7 nitrogen and oxygen atoms in total. The van der Waals surface area contributed by atoms with Crippen molar-refractivity contribution in [3.8, 4) is 0 Å². The van der Waals surface area contributed by atoms with Gasteiger partial charge in [0, 0.05) is 25.7 Å². The van der Waals surface area contributed by atoms with Crippen LogP contribution in [0, 0.1) is 11.6 Å². The van der Waals surface area contributed by atoms with Crippen molar-refractivity contribution < 1.29 is 26.8 Å². The molecule has 1 saturated heterocycles. The molecule has 1 unspecified atom stereocenters. The first-order valence-electron chi connectivity index (χ1n) is 9.31. The van der Waals surface area contributed by atoms with Crippen molar-refractivity contribution in [2.24, 2.45) is 0 Å². The predicted molar refractivity (Wildman–Crippen MR) is 105 cm³/mol. The Morgan fingerprint density at radius 2 is 1.73 bits per heavy atom. The first-order chi connectivity index (χ1) is 14.2. The summed E-state index contributed by atoms with van der Waals surface area (Å²) in [5.74, 6) is -3.61. The van der Waals surface area contributed by atoms with E-state index in [-0.39, 0.29) is 16.0 Å². The van der Waals surface area contributed by atoms with Crippen LogP contribution in [0.15, 0.2) is 47.4 Å². The fourth-order valence-electron chi connectivity index (χ4n) is 3.23. The monoisotopic (exact) mass is 437 g/mol. The number of nitrogens with one attached hydrogen (secondary N) is 2. The SMILES string of the molecule is CNC(=O)C(NC(=O)c1cccc(S(=O)(=O)N2CCCC2)c1)c1ccc(F)c(F)c1. The lowest BCUT2D eigenvalue weighted by Gasteiger charge is -2.19. The molecule has 0 aromatic heterocycles. The van der Waals surface area contributed by atoms with E-state index < -0.39 is 39.5 Å². The molecule has 2 aromatic carbocycles. The van der Waals surface area contributed by atoms with Crippen molar-refractivity contribution >= 4 is 21.8 Å². The molecule has 1 fully saturated rings. The van der Waals surface area contributed by atoms with Crippen LogP contribution < -0.4 is 10.6 Å². The Morgan fingerprint density at radius 1 is 1.03 bits per heavy atom. The quantitative estimate of drug-likeness (QED) is 0.722. The largest absolute Gasteiger partial charge is 0.357 e. The zero-order valence-electron chi connectivity index (χ0n) is 16.2. The van der Waals surface area contributed by atoms with Crippen LogP contribution in [0.1, 0.15) is 34.8 Å². The van der Waals surface area contributed by atoms with Crippen LogP contribution >= 0.6 is 0 Å². The summed E-state index contributed by atoms with van der Waals surface area (Å²) in [5, 5.41) is 4.80. The van der Waals surface area contributed by atoms with Crippen molar-refractivity contribution in [2.75, 3.05) is 20.1 Å². The molecule has 3 rings (SSSR count). The van der Waals surface area contributed by atoms with E-state index >= 15 is 0 Å². The lowest BCUT2D eigenvalue weighted by atomic mass is 10.0. The number of carbonyl (C=O) groups is 2. The number of nitrogens with zero attached hydrogens (tertiary/aromatic N) is 1. The van der Waals surface area contributed by atoms with Crippen LogP contribution in [0.25, 0.3) is 0 Å². The van der Waals surface area contributed by atoms with Crippen molar-refractivity contribution in [1.82, 2.24) is 14.9 Å². The summed E-state index contributed by atoms with van der Waals surface area (Å²) in [6.07, 6.45) is 1.56. The summed E-state index contributed by atoms with van der Waals surface area (Å²) >= 11 is 0. The summed E-state index contributed by atoms with van der Waals surface area (Å²) in [7, 11) is -2.39. The molecule has 0 spiro atoms. The van der Waals surface area contributed by atoms with Gasteiger partial charge in [-0.05, 0) is 48.7 Å². The lowest BCUT2D eigenvalue weighted by molar-refractivity contribution is -0.122. The zero-order chi connectivity index (χ0) is 21.9. The molecule has 0 aliphatic carbocycles. The van der Waals surface area contributed by atoms with Gasteiger partial charge in [0.1, 0.15) is 6.04 Å². The number of likely N-dealkylation sites (N-methyl/N-ethyl adjacent to an activating group) is 1. The number of sulfonamides is 1. The predicted octanol–water partition coefficient (Wildman–Crippen LogP) is 1.97. The van der Waals surface area contributed by atoms with Gasteiger partial charge in [0.2, 0.25) is 15.9 Å². The number of hydrogen-bond donors (Lipinski definition) is 2. The summed E-state index contributed by atoms with van der Waals surface area (Å²) in [5.41, 5.74) is 0.0641. The third-order valence-corrected chi connectivity index (χ3v) is 6.75. The number of amides is 2. The smallest absolute Gasteiger partial charge is 0.252 e. The van der Waals surface area contributed by atoms with Gasteiger partial charge in [0.05, 0.1) is 4.90 Å². The first kappa shape index (κ1) is 21.8. The van der Waals surface area contributed by atoms with Gasteiger partial charge in [-0.3, -0.25) is 9.59 Å². The third-order valence-electron chi connectivity index (χ3n) is 4.86. The van der Waals surface area contributed by atoms with Crippen LogP contribution in [0.2, 0.25) is 0 Å². The summed E-state index contributed by atoms with van der Waals surface area (Å²) in [6, 6.07) is 7.04. The van der Waals surface area contributed by atoms with Crippen LogP contribution in [0.4, 0.5) is 8.78 Å². The topological polar surface area (TPSA) is 95.6 Å². The van der Waals surface area contributed by atoms with E-state index in [0.29, 0.717) is 13.1 Å². The highest BCUT2D eigenvalue weighted by Crippen LogP contribution is 2.22. The van der Waals surface area contributed by atoms with Crippen LogP contribution in [0.5, 0.6) is 0 Å². The van der Waals surface area contributed by atoms with Crippen LogP contribution in [-0.2, 0) is 14.8 Å². The molecule has 2 amide bonds. The van der Waals surface area contributed by atoms with Gasteiger partial charge in [-0.25, -0.2) is 17.2 Å². The average Bonchev–Trinajstić information content (AvgIpc) is 3.29. The van der Waals surface area contributed by atoms with Crippen molar-refractivity contribution in [3.05, 3.63) is 65.2 Å². The number of halogens is 2. The van der Waals surface area contributed by atoms with Crippen LogP contribution in [0.3, 0.4) is 0 Å². The Hall–Kier alpha value is -2.85. The molecule has 0 bridgehead atoms. The zero-order valence-corrected chi connectivity index (χ0v) is 17.0. The fraction of sp³-hybridized carbons (Fsp3) is 0.300. The molecule has 1 aliphatic heterocycles. The maximum absolute atomic E-state index is 13.6. The van der Waals surface area contributed by atoms with Gasteiger partial charge in [-0.1, -0.05) is 12.1 Å². The van der Waals surface area contributed by atoms with E-state index in [4.69, 9.17) is 0 Å². The highest BCUT2D eigenvalue weighted by atomic mass is 32.2. The molecule has 160 valence electrons. The average molecular weight is 437 g/mol. The van der Waals surface area contributed by atoms with Crippen molar-refractivity contribution in [1.29, 1.82) is 0 Å². The molecule has 2 N–H and O–H groups in total. The Balaban J connectivity index is 1.87. The normalized spacial score (nSPS) is 15.6. The maximum atomic E-state index is 13.6. The molecule has 1 aliphatic rings. The Morgan fingerprint density at radius 3 is 2.37 bits per heavy atom. The molecule has 10 heteroatoms. The van der Waals surface area contributed by atoms with Crippen molar-refractivity contribution in [3.63, 3.8) is 0 Å². The standard InChI is InChI=1S/C20H21F2N3O4S/c1-23-20(27)18(13-7-8-16(21)17(22)12-13)24-19(26)14-5-4-6-15(11-14)30(28,29)25-9-2-3-10-25/h4-8,11-12,18H,2-3,9-10H2,1H3,(H,23,27)(H,24,26). The van der Waals surface area contributed by atoms with E-state index in [1.165, 1.54) is 41.7 Å². The van der Waals surface area contributed by atoms with E-state index in [0.717, 1.165) is 25.0 Å². The van der Waals surface area contributed by atoms with Crippen LogP contribution in [-0.4, -0.2) is 44.7 Å². The van der Waals surface area contributed by atoms with Gasteiger partial charge in [-0.2, -0.15) is 4.31 Å². The molecule has 0 radical (unpaired) electrons. The minimum atomic E-state index is -3.72. The summed E-state index contributed by atoms with van der Waals surface area (Å²) in [6.45, 7) is 0.848. The van der Waals surface area contributed by atoms with Gasteiger partial charge in [-0.15, -0.1) is 0 Å². The molecule has 0 saturated carbocycles. The number of benzene rings is 2. The second-order valence-electron chi connectivity index (χ2n) is 6.83. The molecule has 30 heavy (non-hydrogen) atoms. The van der Waals surface area contributed by atoms with Crippen molar-refractivity contribution in [2.45, 2.75) is 23.8 Å². The minimum Gasteiger partial charge on any atom is -0.357 e. The van der Waals surface area contributed by atoms with E-state index in [2.05, 4.69) is 10.6 Å². The molecule has 2 aromatic rings. The van der Waals surface area contributed by atoms with Gasteiger partial charge >= 0.3 is 0 Å². The summed E-state index contributed by atoms with van der Waals surface area (Å²) in [4.78, 5) is 24.9. The second kappa shape index (κ2) is 8.88. The van der Waals surface area contributed by atoms with Gasteiger partial charge in [0.25, 0.3) is 5.91 Å². The molecule has 1 heterocycles. The van der Waals surface area contributed by atoms with E-state index in [1.807, 2.05) is 0 Å². The molecule has 1 atom stereocenters. The van der Waals surface area contributed by atoms with E-state index in [1.54, 1.807) is 0 Å². The highest BCUT2D eigenvalue weighted by Gasteiger charge is 2.28. The number of carbonyl (C=O) groups excluding carboxylic acids is 2. The second-order valence-corrected chi connectivity index (χ2v) is 8.77. The molecular formula is C20H21F2N3O4S. The highest BCUT2D eigenvalue weighted by molar-refractivity contribution is 7.89. The number of rotatable bonds is 6. The van der Waals surface area contributed by atoms with Gasteiger partial charge < -0.3 is 10.6 Å². The fourth-order valence-corrected chi connectivity index (χ4v) is 4.79. The maximum Gasteiger partial charge on any atom is 0.252 e. The van der Waals surface area contributed by atoms with E-state index in [9.17, 15) is 26.8 Å². The first-order valence-corrected chi connectivity index (χ1v) is 10.8. The molecular weight excluding hydrogens is 416 g/mol. The Bertz CT molecular complexity index is 1070.